The number of rotatable bonds is 6. The minimum atomic E-state index is -0.735. The topological polar surface area (TPSA) is 102 Å². The van der Waals surface area contributed by atoms with E-state index in [1.54, 1.807) is 36.4 Å². The number of carbonyl (C=O) groups is 3. The lowest BCUT2D eigenvalue weighted by atomic mass is 10.2. The molecule has 33 heavy (non-hydrogen) atoms. The molecular weight excluding hydrogens is 464 g/mol. The highest BCUT2D eigenvalue weighted by molar-refractivity contribution is 7.13. The molecule has 166 valence electrons. The van der Waals surface area contributed by atoms with Gasteiger partial charge in [-0.05, 0) is 35.7 Å². The van der Waals surface area contributed by atoms with Crippen LogP contribution in [0.5, 0.6) is 0 Å². The Labute approximate surface area is 197 Å². The molecule has 0 atom stereocenters. The van der Waals surface area contributed by atoms with Gasteiger partial charge in [0.25, 0.3) is 11.8 Å². The first-order valence-electron chi connectivity index (χ1n) is 9.73. The molecule has 0 aliphatic rings. The minimum absolute atomic E-state index is 0.164. The van der Waals surface area contributed by atoms with Crippen molar-refractivity contribution in [3.63, 3.8) is 0 Å². The third-order valence-corrected chi connectivity index (χ3v) is 5.68. The largest absolute Gasteiger partial charge is 0.451 e. The quantitative estimate of drug-likeness (QED) is 0.322. The van der Waals surface area contributed by atoms with Crippen LogP contribution in [0.4, 0.5) is 0 Å². The predicted octanol–water partition coefficient (Wildman–Crippen LogP) is 3.87. The number of halogens is 1. The van der Waals surface area contributed by atoms with Crippen molar-refractivity contribution in [1.29, 1.82) is 0 Å². The summed E-state index contributed by atoms with van der Waals surface area (Å²) in [5.74, 6) is -2.04. The molecular formula is C23H17ClN4O4S. The minimum Gasteiger partial charge on any atom is -0.451 e. The molecule has 0 bridgehead atoms. The molecule has 8 nitrogen and oxygen atoms in total. The van der Waals surface area contributed by atoms with Gasteiger partial charge in [0.05, 0.1) is 21.2 Å². The number of para-hydroxylation sites is 1. The van der Waals surface area contributed by atoms with Gasteiger partial charge < -0.3 is 4.74 Å². The molecule has 2 aromatic carbocycles. The molecule has 4 aromatic rings. The normalized spacial score (nSPS) is 10.5. The van der Waals surface area contributed by atoms with Gasteiger partial charge in [-0.2, -0.15) is 5.10 Å². The molecule has 2 aromatic heterocycles. The van der Waals surface area contributed by atoms with Gasteiger partial charge in [-0.25, -0.2) is 9.48 Å². The average Bonchev–Trinajstić information content (AvgIpc) is 3.52. The Morgan fingerprint density at radius 3 is 2.45 bits per heavy atom. The van der Waals surface area contributed by atoms with Crippen LogP contribution in [-0.4, -0.2) is 34.2 Å². The number of nitrogens with one attached hydrogen (secondary N) is 2. The van der Waals surface area contributed by atoms with Crippen molar-refractivity contribution in [3.05, 3.63) is 94.5 Å². The van der Waals surface area contributed by atoms with Crippen LogP contribution < -0.4 is 10.9 Å². The molecule has 0 radical (unpaired) electrons. The van der Waals surface area contributed by atoms with Crippen molar-refractivity contribution in [2.24, 2.45) is 0 Å². The molecule has 2 amide bonds. The lowest BCUT2D eigenvalue weighted by Crippen LogP contribution is -2.43. The molecule has 2 N–H and O–H groups in total. The number of hydrogen-bond donors (Lipinski definition) is 2. The van der Waals surface area contributed by atoms with Crippen LogP contribution in [0.25, 0.3) is 16.3 Å². The Kier molecular flexibility index (Phi) is 6.82. The van der Waals surface area contributed by atoms with E-state index < -0.39 is 24.4 Å². The number of hydrogen-bond acceptors (Lipinski definition) is 6. The summed E-state index contributed by atoms with van der Waals surface area (Å²) in [7, 11) is 0. The third-order valence-electron chi connectivity index (χ3n) is 4.46. The summed E-state index contributed by atoms with van der Waals surface area (Å²) in [5.41, 5.74) is 6.07. The fourth-order valence-electron chi connectivity index (χ4n) is 2.92. The first-order chi connectivity index (χ1) is 16.0. The molecule has 0 unspecified atom stereocenters. The molecule has 0 aliphatic carbocycles. The van der Waals surface area contributed by atoms with E-state index >= 15 is 0 Å². The van der Waals surface area contributed by atoms with E-state index in [1.807, 2.05) is 35.7 Å². The fourth-order valence-corrected chi connectivity index (χ4v) is 3.82. The number of hydrazine groups is 1. The highest BCUT2D eigenvalue weighted by Crippen LogP contribution is 2.26. The molecule has 4 rings (SSSR count). The van der Waals surface area contributed by atoms with E-state index in [0.717, 1.165) is 4.88 Å². The average molecular weight is 481 g/mol. The van der Waals surface area contributed by atoms with E-state index in [9.17, 15) is 14.4 Å². The number of benzene rings is 2. The Hall–Kier alpha value is -3.95. The molecule has 10 heteroatoms. The molecule has 0 aliphatic heterocycles. The van der Waals surface area contributed by atoms with Gasteiger partial charge in [0, 0.05) is 6.07 Å². The van der Waals surface area contributed by atoms with E-state index in [1.165, 1.54) is 22.1 Å². The lowest BCUT2D eigenvalue weighted by molar-refractivity contribution is -0.125. The van der Waals surface area contributed by atoms with Crippen LogP contribution in [0.2, 0.25) is 5.02 Å². The van der Waals surface area contributed by atoms with Crippen LogP contribution in [-0.2, 0) is 9.53 Å². The number of aromatic nitrogens is 2. The Morgan fingerprint density at radius 1 is 0.970 bits per heavy atom. The van der Waals surface area contributed by atoms with Crippen LogP contribution in [0.1, 0.15) is 20.8 Å². The smallest absolute Gasteiger partial charge is 0.357 e. The first-order valence-corrected chi connectivity index (χ1v) is 11.0. The molecule has 2 heterocycles. The van der Waals surface area contributed by atoms with E-state index in [4.69, 9.17) is 16.3 Å². The summed E-state index contributed by atoms with van der Waals surface area (Å²) in [5, 5.41) is 6.68. The number of thiophene rings is 1. The highest BCUT2D eigenvalue weighted by atomic mass is 35.5. The maximum Gasteiger partial charge on any atom is 0.357 e. The maximum atomic E-state index is 12.8. The third kappa shape index (κ3) is 5.28. The van der Waals surface area contributed by atoms with Crippen LogP contribution in [0, 0.1) is 0 Å². The lowest BCUT2D eigenvalue weighted by Gasteiger charge is -2.10. The Bertz CT molecular complexity index is 1290. The van der Waals surface area contributed by atoms with E-state index in [-0.39, 0.29) is 16.3 Å². The molecule has 0 saturated carbocycles. The SMILES string of the molecule is O=C(COC(=O)c1cc(-c2cccs2)nn1-c1ccccc1)NNC(=O)c1ccccc1Cl. The number of esters is 1. The molecule has 0 saturated heterocycles. The Morgan fingerprint density at radius 2 is 1.73 bits per heavy atom. The number of nitrogens with zero attached hydrogens (tertiary/aromatic N) is 2. The van der Waals surface area contributed by atoms with Crippen LogP contribution >= 0.6 is 22.9 Å². The van der Waals surface area contributed by atoms with Crippen molar-refractivity contribution in [1.82, 2.24) is 20.6 Å². The molecule has 0 fully saturated rings. The second-order valence-electron chi connectivity index (χ2n) is 6.70. The zero-order valence-electron chi connectivity index (χ0n) is 17.0. The van der Waals surface area contributed by atoms with Gasteiger partial charge in [0.2, 0.25) is 0 Å². The van der Waals surface area contributed by atoms with Gasteiger partial charge in [-0.1, -0.05) is 48.0 Å². The van der Waals surface area contributed by atoms with Gasteiger partial charge >= 0.3 is 5.97 Å². The zero-order valence-corrected chi connectivity index (χ0v) is 18.6. The van der Waals surface area contributed by atoms with Gasteiger partial charge in [-0.15, -0.1) is 11.3 Å². The highest BCUT2D eigenvalue weighted by Gasteiger charge is 2.20. The standard InChI is InChI=1S/C23H17ClN4O4S/c24-17-10-5-4-9-16(17)22(30)26-25-21(29)14-32-23(31)19-13-18(20-11-6-12-33-20)27-28(19)15-7-2-1-3-8-15/h1-13H,14H2,(H,25,29)(H,26,30). The van der Waals surface area contributed by atoms with Crippen LogP contribution in [0.3, 0.4) is 0 Å². The summed E-state index contributed by atoms with van der Waals surface area (Å²) in [6, 6.07) is 20.9. The number of ether oxygens (including phenoxy) is 1. The summed E-state index contributed by atoms with van der Waals surface area (Å²) in [4.78, 5) is 37.9. The summed E-state index contributed by atoms with van der Waals surface area (Å²) in [6.45, 7) is -0.601. The zero-order chi connectivity index (χ0) is 23.2. The van der Waals surface area contributed by atoms with Crippen LogP contribution in [0.15, 0.2) is 78.2 Å². The summed E-state index contributed by atoms with van der Waals surface area (Å²) in [6.07, 6.45) is 0. The van der Waals surface area contributed by atoms with Gasteiger partial charge in [0.1, 0.15) is 5.69 Å². The van der Waals surface area contributed by atoms with Gasteiger partial charge in [0.15, 0.2) is 12.3 Å². The summed E-state index contributed by atoms with van der Waals surface area (Å²) < 4.78 is 6.63. The number of amides is 2. The Balaban J connectivity index is 1.42. The van der Waals surface area contributed by atoms with Crippen molar-refractivity contribution < 1.29 is 19.1 Å². The predicted molar refractivity (Wildman–Crippen MR) is 124 cm³/mol. The summed E-state index contributed by atoms with van der Waals surface area (Å²) >= 11 is 7.45. The molecule has 0 spiro atoms. The first kappa shape index (κ1) is 22.3. The van der Waals surface area contributed by atoms with E-state index in [0.29, 0.717) is 11.4 Å². The van der Waals surface area contributed by atoms with Crippen molar-refractivity contribution in [2.45, 2.75) is 0 Å². The number of carbonyl (C=O) groups excluding carboxylic acids is 3. The monoisotopic (exact) mass is 480 g/mol. The second-order valence-corrected chi connectivity index (χ2v) is 8.05. The van der Waals surface area contributed by atoms with Crippen molar-refractivity contribution in [3.8, 4) is 16.3 Å². The second kappa shape index (κ2) is 10.1. The van der Waals surface area contributed by atoms with Crippen molar-refractivity contribution in [2.75, 3.05) is 6.61 Å². The van der Waals surface area contributed by atoms with Gasteiger partial charge in [-0.3, -0.25) is 20.4 Å². The van der Waals surface area contributed by atoms with E-state index in [2.05, 4.69) is 16.0 Å². The maximum absolute atomic E-state index is 12.8. The van der Waals surface area contributed by atoms with Crippen molar-refractivity contribution >= 4 is 40.7 Å². The fraction of sp³-hybridized carbons (Fsp3) is 0.0435.